The van der Waals surface area contributed by atoms with E-state index in [2.05, 4.69) is 10.5 Å². The number of nitrogens with one attached hydrogen (secondary N) is 1. The van der Waals surface area contributed by atoms with Gasteiger partial charge in [0, 0.05) is 5.39 Å². The van der Waals surface area contributed by atoms with E-state index in [-0.39, 0.29) is 17.2 Å². The standard InChI is InChI=1S/C25H17N3O6/c1-32-16-7-9-19(21(12-16)28(30)31)22-11-8-17(33-22)14-26-27-25(29)24-13-20-18-5-3-2-4-15(18)6-10-23(20)34-24/h2-14H,1H3,(H,27,29)/b26-14-. The van der Waals surface area contributed by atoms with Crippen LogP contribution in [-0.4, -0.2) is 24.2 Å². The minimum Gasteiger partial charge on any atom is -0.497 e. The predicted molar refractivity (Wildman–Crippen MR) is 126 cm³/mol. The molecule has 0 atom stereocenters. The fraction of sp³-hybridized carbons (Fsp3) is 0.0400. The number of methoxy groups -OCH3 is 1. The highest BCUT2D eigenvalue weighted by Crippen LogP contribution is 2.34. The Labute approximate surface area is 192 Å². The number of amides is 1. The first-order chi connectivity index (χ1) is 16.5. The van der Waals surface area contributed by atoms with Crippen LogP contribution in [-0.2, 0) is 0 Å². The van der Waals surface area contributed by atoms with Crippen LogP contribution in [0, 0.1) is 10.1 Å². The third-order valence-corrected chi connectivity index (χ3v) is 5.30. The Morgan fingerprint density at radius 2 is 1.88 bits per heavy atom. The van der Waals surface area contributed by atoms with Crippen LogP contribution in [0.25, 0.3) is 33.1 Å². The Morgan fingerprint density at radius 3 is 2.71 bits per heavy atom. The smallest absolute Gasteiger partial charge is 0.307 e. The molecule has 0 bridgehead atoms. The summed E-state index contributed by atoms with van der Waals surface area (Å²) in [5, 5.41) is 18.2. The lowest BCUT2D eigenvalue weighted by Crippen LogP contribution is -2.16. The molecule has 2 aromatic heterocycles. The quantitative estimate of drug-likeness (QED) is 0.204. The number of nitro benzene ring substituents is 1. The zero-order chi connectivity index (χ0) is 23.7. The van der Waals surface area contributed by atoms with E-state index in [0.717, 1.165) is 16.2 Å². The number of carbonyl (C=O) groups excluding carboxylic acids is 1. The highest BCUT2D eigenvalue weighted by molar-refractivity contribution is 6.08. The molecule has 0 radical (unpaired) electrons. The van der Waals surface area contributed by atoms with Crippen molar-refractivity contribution in [1.29, 1.82) is 0 Å². The van der Waals surface area contributed by atoms with Gasteiger partial charge in [-0.3, -0.25) is 14.9 Å². The third kappa shape index (κ3) is 3.86. The molecule has 9 heteroatoms. The lowest BCUT2D eigenvalue weighted by Gasteiger charge is -2.03. The minimum atomic E-state index is -0.519. The summed E-state index contributed by atoms with van der Waals surface area (Å²) >= 11 is 0. The van der Waals surface area contributed by atoms with Gasteiger partial charge in [0.15, 0.2) is 5.76 Å². The molecular formula is C25H17N3O6. The summed E-state index contributed by atoms with van der Waals surface area (Å²) < 4.78 is 16.4. The minimum absolute atomic E-state index is 0.123. The van der Waals surface area contributed by atoms with Crippen LogP contribution < -0.4 is 10.2 Å². The average molecular weight is 455 g/mol. The average Bonchev–Trinajstić information content (AvgIpc) is 3.51. The van der Waals surface area contributed by atoms with Crippen molar-refractivity contribution in [2.24, 2.45) is 5.10 Å². The summed E-state index contributed by atoms with van der Waals surface area (Å²) in [7, 11) is 1.43. The van der Waals surface area contributed by atoms with Gasteiger partial charge in [-0.15, -0.1) is 0 Å². The van der Waals surface area contributed by atoms with E-state index in [4.69, 9.17) is 13.6 Å². The normalized spacial score (nSPS) is 11.3. The Hall–Kier alpha value is -4.92. The molecule has 5 aromatic rings. The van der Waals surface area contributed by atoms with Crippen molar-refractivity contribution in [2.75, 3.05) is 7.11 Å². The van der Waals surface area contributed by atoms with E-state index >= 15 is 0 Å². The van der Waals surface area contributed by atoms with E-state index in [1.807, 2.05) is 36.4 Å². The number of nitro groups is 1. The van der Waals surface area contributed by atoms with Gasteiger partial charge in [-0.05, 0) is 47.2 Å². The molecule has 0 saturated heterocycles. The molecule has 1 N–H and O–H groups in total. The van der Waals surface area contributed by atoms with Crippen LogP contribution in [0.15, 0.2) is 86.7 Å². The van der Waals surface area contributed by atoms with Gasteiger partial charge >= 0.3 is 5.91 Å². The topological polar surface area (TPSA) is 120 Å². The second-order valence-electron chi connectivity index (χ2n) is 7.35. The van der Waals surface area contributed by atoms with E-state index in [1.54, 1.807) is 30.3 Å². The Morgan fingerprint density at radius 1 is 1.03 bits per heavy atom. The highest BCUT2D eigenvalue weighted by Gasteiger charge is 2.19. The summed E-state index contributed by atoms with van der Waals surface area (Å²) in [5.41, 5.74) is 3.15. The largest absolute Gasteiger partial charge is 0.497 e. The van der Waals surface area contributed by atoms with Crippen molar-refractivity contribution in [3.05, 3.63) is 94.4 Å². The van der Waals surface area contributed by atoms with Crippen LogP contribution in [0.1, 0.15) is 16.3 Å². The van der Waals surface area contributed by atoms with Crippen LogP contribution in [0.3, 0.4) is 0 Å². The lowest BCUT2D eigenvalue weighted by atomic mass is 10.1. The Bertz CT molecular complexity index is 1580. The number of hydrogen-bond donors (Lipinski definition) is 1. The first-order valence-electron chi connectivity index (χ1n) is 10.2. The lowest BCUT2D eigenvalue weighted by molar-refractivity contribution is -0.384. The number of fused-ring (bicyclic) bond motifs is 3. The molecule has 0 saturated carbocycles. The van der Waals surface area contributed by atoms with E-state index in [0.29, 0.717) is 22.7 Å². The number of ether oxygens (including phenoxy) is 1. The maximum atomic E-state index is 12.5. The van der Waals surface area contributed by atoms with Crippen LogP contribution >= 0.6 is 0 Å². The molecule has 34 heavy (non-hydrogen) atoms. The number of benzene rings is 3. The van der Waals surface area contributed by atoms with Gasteiger partial charge in [-0.2, -0.15) is 5.10 Å². The van der Waals surface area contributed by atoms with Crippen molar-refractivity contribution < 1.29 is 23.3 Å². The first kappa shape index (κ1) is 21.0. The molecular weight excluding hydrogens is 438 g/mol. The SMILES string of the molecule is COc1ccc(-c2ccc(/C=N\NC(=O)c3cc4c(ccc5ccccc54)o3)o2)c([N+](=O)[O-])c1. The van der Waals surface area contributed by atoms with Gasteiger partial charge in [0.2, 0.25) is 0 Å². The summed E-state index contributed by atoms with van der Waals surface area (Å²) in [6.45, 7) is 0. The van der Waals surface area contributed by atoms with Crippen molar-refractivity contribution in [3.8, 4) is 17.1 Å². The molecule has 2 heterocycles. The molecule has 0 spiro atoms. The van der Waals surface area contributed by atoms with E-state index in [9.17, 15) is 14.9 Å². The van der Waals surface area contributed by atoms with Gasteiger partial charge in [-0.1, -0.05) is 30.3 Å². The molecule has 0 fully saturated rings. The maximum Gasteiger partial charge on any atom is 0.307 e. The van der Waals surface area contributed by atoms with Gasteiger partial charge in [0.05, 0.1) is 29.9 Å². The number of rotatable bonds is 6. The predicted octanol–water partition coefficient (Wildman–Crippen LogP) is 5.53. The van der Waals surface area contributed by atoms with Gasteiger partial charge in [-0.25, -0.2) is 5.43 Å². The van der Waals surface area contributed by atoms with Crippen molar-refractivity contribution in [1.82, 2.24) is 5.43 Å². The Balaban J connectivity index is 1.33. The van der Waals surface area contributed by atoms with Crippen molar-refractivity contribution in [2.45, 2.75) is 0 Å². The molecule has 1 amide bonds. The van der Waals surface area contributed by atoms with Gasteiger partial charge in [0.1, 0.15) is 22.9 Å². The molecule has 3 aromatic carbocycles. The summed E-state index contributed by atoms with van der Waals surface area (Å²) in [6, 6.07) is 20.9. The second kappa shape index (κ2) is 8.55. The molecule has 0 aliphatic carbocycles. The number of carbonyl (C=O) groups is 1. The Kier molecular flexibility index (Phi) is 5.27. The number of hydrogen-bond acceptors (Lipinski definition) is 7. The fourth-order valence-corrected chi connectivity index (χ4v) is 3.68. The van der Waals surface area contributed by atoms with Crippen LogP contribution in [0.4, 0.5) is 5.69 Å². The summed E-state index contributed by atoms with van der Waals surface area (Å²) in [4.78, 5) is 23.4. The zero-order valence-electron chi connectivity index (χ0n) is 17.8. The molecule has 9 nitrogen and oxygen atoms in total. The number of furan rings is 2. The van der Waals surface area contributed by atoms with Crippen LogP contribution in [0.5, 0.6) is 5.75 Å². The van der Waals surface area contributed by atoms with Crippen LogP contribution in [0.2, 0.25) is 0 Å². The second-order valence-corrected chi connectivity index (χ2v) is 7.35. The molecule has 168 valence electrons. The third-order valence-electron chi connectivity index (χ3n) is 5.30. The molecule has 0 aliphatic heterocycles. The van der Waals surface area contributed by atoms with E-state index < -0.39 is 10.8 Å². The maximum absolute atomic E-state index is 12.5. The molecule has 0 aliphatic rings. The number of nitrogens with zero attached hydrogens (tertiary/aromatic N) is 2. The van der Waals surface area contributed by atoms with Gasteiger partial charge in [0.25, 0.3) is 5.69 Å². The van der Waals surface area contributed by atoms with Crippen molar-refractivity contribution in [3.63, 3.8) is 0 Å². The zero-order valence-corrected chi connectivity index (χ0v) is 17.8. The summed E-state index contributed by atoms with van der Waals surface area (Å²) in [5.74, 6) is 0.555. The molecule has 5 rings (SSSR count). The van der Waals surface area contributed by atoms with Crippen molar-refractivity contribution >= 4 is 39.6 Å². The number of hydrazone groups is 1. The van der Waals surface area contributed by atoms with E-state index in [1.165, 1.54) is 19.4 Å². The fourth-order valence-electron chi connectivity index (χ4n) is 3.68. The van der Waals surface area contributed by atoms with Gasteiger partial charge < -0.3 is 13.6 Å². The molecule has 0 unspecified atom stereocenters. The summed E-state index contributed by atoms with van der Waals surface area (Å²) in [6.07, 6.45) is 1.30. The highest BCUT2D eigenvalue weighted by atomic mass is 16.6. The first-order valence-corrected chi connectivity index (χ1v) is 10.2. The monoisotopic (exact) mass is 455 g/mol.